The molecule has 0 atom stereocenters. The van der Waals surface area contributed by atoms with Crippen LogP contribution in [0.15, 0.2) is 5.16 Å². The Bertz CT molecular complexity index is 273. The molecule has 1 rings (SSSR count). The zero-order chi connectivity index (χ0) is 10.4. The van der Waals surface area contributed by atoms with Crippen LogP contribution in [0.4, 0.5) is 0 Å². The number of rotatable bonds is 2. The first-order valence-corrected chi connectivity index (χ1v) is 4.66. The molecule has 0 bridgehead atoms. The molecule has 0 radical (unpaired) electrons. The summed E-state index contributed by atoms with van der Waals surface area (Å²) in [5, 5.41) is 3.70. The molecule has 15 heavy (non-hydrogen) atoms. The molecule has 86 valence electrons. The van der Waals surface area contributed by atoms with Crippen LogP contribution >= 0.6 is 0 Å². The molecule has 0 aromatic heterocycles. The van der Waals surface area contributed by atoms with E-state index in [2.05, 4.69) is 38.1 Å². The molecule has 5 heteroatoms. The number of quaternary nitrogens is 1. The Morgan fingerprint density at radius 2 is 2.13 bits per heavy atom. The molecule has 0 saturated heterocycles. The van der Waals surface area contributed by atoms with Crippen molar-refractivity contribution in [3.05, 3.63) is 0 Å². The van der Waals surface area contributed by atoms with Gasteiger partial charge in [-0.1, -0.05) is 11.1 Å². The lowest BCUT2D eigenvalue weighted by atomic mass is 10.4. The van der Waals surface area contributed by atoms with Crippen LogP contribution in [0, 0.1) is 11.8 Å². The minimum Gasteiger partial charge on any atom is -1.00 e. The van der Waals surface area contributed by atoms with Crippen molar-refractivity contribution in [1.82, 2.24) is 0 Å². The fourth-order valence-corrected chi connectivity index (χ4v) is 0.858. The van der Waals surface area contributed by atoms with E-state index in [0.717, 1.165) is 17.4 Å². The van der Waals surface area contributed by atoms with Crippen molar-refractivity contribution >= 4 is 5.90 Å². The SMILES string of the molecule is C[N+](C)(C)CC#CCOC1=NOCC1.[Br-]. The Morgan fingerprint density at radius 3 is 2.67 bits per heavy atom. The van der Waals surface area contributed by atoms with Crippen molar-refractivity contribution in [2.24, 2.45) is 5.16 Å². The van der Waals surface area contributed by atoms with E-state index in [9.17, 15) is 0 Å². The molecular formula is C10H17BrN2O2. The molecule has 0 aliphatic carbocycles. The van der Waals surface area contributed by atoms with Gasteiger partial charge in [0.25, 0.3) is 0 Å². The van der Waals surface area contributed by atoms with Crippen molar-refractivity contribution in [2.45, 2.75) is 6.42 Å². The van der Waals surface area contributed by atoms with Crippen LogP contribution in [0.25, 0.3) is 0 Å². The minimum atomic E-state index is 0. The highest BCUT2D eigenvalue weighted by molar-refractivity contribution is 5.76. The third-order valence-electron chi connectivity index (χ3n) is 1.56. The van der Waals surface area contributed by atoms with Gasteiger partial charge in [0.2, 0.25) is 5.90 Å². The van der Waals surface area contributed by atoms with E-state index in [4.69, 9.17) is 9.57 Å². The fourth-order valence-electron chi connectivity index (χ4n) is 0.858. The molecule has 1 aliphatic heterocycles. The highest BCUT2D eigenvalue weighted by Crippen LogP contribution is 2.00. The van der Waals surface area contributed by atoms with Crippen molar-refractivity contribution in [3.63, 3.8) is 0 Å². The average molecular weight is 277 g/mol. The molecule has 0 N–H and O–H groups in total. The van der Waals surface area contributed by atoms with Crippen LogP contribution in [0.5, 0.6) is 0 Å². The van der Waals surface area contributed by atoms with Gasteiger partial charge >= 0.3 is 0 Å². The van der Waals surface area contributed by atoms with Gasteiger partial charge in [0, 0.05) is 0 Å². The van der Waals surface area contributed by atoms with Gasteiger partial charge in [0.05, 0.1) is 27.6 Å². The summed E-state index contributed by atoms with van der Waals surface area (Å²) in [4.78, 5) is 4.78. The Morgan fingerprint density at radius 1 is 1.40 bits per heavy atom. The number of nitrogens with zero attached hydrogens (tertiary/aromatic N) is 2. The lowest BCUT2D eigenvalue weighted by Gasteiger charge is -2.19. The molecule has 0 saturated carbocycles. The molecule has 4 nitrogen and oxygen atoms in total. The lowest BCUT2D eigenvalue weighted by molar-refractivity contribution is -0.862. The van der Waals surface area contributed by atoms with E-state index in [1.54, 1.807) is 0 Å². The third kappa shape index (κ3) is 7.23. The summed E-state index contributed by atoms with van der Waals surface area (Å²) >= 11 is 0. The monoisotopic (exact) mass is 276 g/mol. The first-order valence-electron chi connectivity index (χ1n) is 4.66. The van der Waals surface area contributed by atoms with Gasteiger partial charge in [-0.25, -0.2) is 0 Å². The van der Waals surface area contributed by atoms with Crippen molar-refractivity contribution in [1.29, 1.82) is 0 Å². The maximum absolute atomic E-state index is 5.26. The molecule has 0 aromatic carbocycles. The van der Waals surface area contributed by atoms with E-state index in [1.165, 1.54) is 0 Å². The highest BCUT2D eigenvalue weighted by Gasteiger charge is 2.07. The van der Waals surface area contributed by atoms with Crippen LogP contribution in [-0.4, -0.2) is 51.3 Å². The lowest BCUT2D eigenvalue weighted by Crippen LogP contribution is -3.00. The second kappa shape index (κ2) is 6.70. The first kappa shape index (κ1) is 14.3. The molecule has 0 spiro atoms. The number of oxime groups is 1. The summed E-state index contributed by atoms with van der Waals surface area (Å²) in [6, 6.07) is 0. The van der Waals surface area contributed by atoms with Gasteiger partial charge in [-0.05, 0) is 5.92 Å². The summed E-state index contributed by atoms with van der Waals surface area (Å²) in [5.74, 6) is 6.65. The predicted molar refractivity (Wildman–Crippen MR) is 54.6 cm³/mol. The fraction of sp³-hybridized carbons (Fsp3) is 0.700. The number of hydrogen-bond donors (Lipinski definition) is 0. The van der Waals surface area contributed by atoms with Gasteiger partial charge in [-0.3, -0.25) is 0 Å². The van der Waals surface area contributed by atoms with Crippen LogP contribution in [0.3, 0.4) is 0 Å². The molecular weight excluding hydrogens is 260 g/mol. The van der Waals surface area contributed by atoms with Crippen molar-refractivity contribution in [2.75, 3.05) is 40.9 Å². The Balaban J connectivity index is 0.00000196. The van der Waals surface area contributed by atoms with Gasteiger partial charge in [-0.15, -0.1) is 0 Å². The minimum absolute atomic E-state index is 0. The number of hydrogen-bond acceptors (Lipinski definition) is 3. The van der Waals surface area contributed by atoms with Crippen LogP contribution in [-0.2, 0) is 9.57 Å². The smallest absolute Gasteiger partial charge is 0.230 e. The number of ether oxygens (including phenoxy) is 1. The van der Waals surface area contributed by atoms with E-state index in [1.807, 2.05) is 0 Å². The van der Waals surface area contributed by atoms with Gasteiger partial charge in [0.15, 0.2) is 6.61 Å². The van der Waals surface area contributed by atoms with E-state index >= 15 is 0 Å². The Kier molecular flexibility index (Phi) is 6.37. The Hall–Kier alpha value is -0.730. The summed E-state index contributed by atoms with van der Waals surface area (Å²) in [6.07, 6.45) is 0.761. The van der Waals surface area contributed by atoms with Gasteiger partial charge < -0.3 is 31.0 Å². The highest BCUT2D eigenvalue weighted by atomic mass is 79.9. The second-order valence-corrected chi connectivity index (χ2v) is 4.16. The largest absolute Gasteiger partial charge is 1.00 e. The normalized spacial score (nSPS) is 14.2. The van der Waals surface area contributed by atoms with E-state index in [0.29, 0.717) is 19.1 Å². The van der Waals surface area contributed by atoms with Crippen LogP contribution < -0.4 is 17.0 Å². The zero-order valence-electron chi connectivity index (χ0n) is 9.42. The molecule has 1 aliphatic rings. The summed E-state index contributed by atoms with van der Waals surface area (Å²) in [7, 11) is 6.30. The quantitative estimate of drug-likeness (QED) is 0.411. The average Bonchev–Trinajstić information content (AvgIpc) is 2.54. The van der Waals surface area contributed by atoms with Gasteiger partial charge in [-0.2, -0.15) is 0 Å². The molecule has 1 heterocycles. The maximum Gasteiger partial charge on any atom is 0.230 e. The summed E-state index contributed by atoms with van der Waals surface area (Å²) in [6.45, 7) is 1.86. The van der Waals surface area contributed by atoms with Crippen molar-refractivity contribution < 1.29 is 31.0 Å². The third-order valence-corrected chi connectivity index (χ3v) is 1.56. The molecule has 0 aromatic rings. The van der Waals surface area contributed by atoms with Gasteiger partial charge in [0.1, 0.15) is 13.2 Å². The Labute approximate surface area is 102 Å². The second-order valence-electron chi connectivity index (χ2n) is 4.16. The molecule has 0 unspecified atom stereocenters. The van der Waals surface area contributed by atoms with Crippen LogP contribution in [0.1, 0.15) is 6.42 Å². The van der Waals surface area contributed by atoms with E-state index in [-0.39, 0.29) is 17.0 Å². The summed E-state index contributed by atoms with van der Waals surface area (Å²) in [5.41, 5.74) is 0. The standard InChI is InChI=1S/C10H17N2O2.BrH/c1-12(2,3)7-4-5-8-13-10-6-9-14-11-10;/h6-9H2,1-3H3;1H/q+1;/p-1. The topological polar surface area (TPSA) is 30.8 Å². The van der Waals surface area contributed by atoms with E-state index < -0.39 is 0 Å². The number of halogens is 1. The maximum atomic E-state index is 5.26. The first-order chi connectivity index (χ1) is 6.58. The summed E-state index contributed by atoms with van der Waals surface area (Å²) < 4.78 is 6.11. The predicted octanol–water partition coefficient (Wildman–Crippen LogP) is -2.55. The van der Waals surface area contributed by atoms with Crippen LogP contribution in [0.2, 0.25) is 0 Å². The molecule has 0 fully saturated rings. The molecule has 0 amide bonds. The zero-order valence-corrected chi connectivity index (χ0v) is 11.0. The van der Waals surface area contributed by atoms with Crippen molar-refractivity contribution in [3.8, 4) is 11.8 Å².